The Balaban J connectivity index is 8.20. The van der Waals surface area contributed by atoms with Gasteiger partial charge in [0.1, 0.15) is 0 Å². The molecule has 0 fully saturated rings. The normalized spacial score (nSPS) is 17.4. The molecule has 0 aromatic carbocycles. The van der Waals surface area contributed by atoms with E-state index in [1.807, 2.05) is 0 Å². The van der Waals surface area contributed by atoms with Crippen LogP contribution in [0.4, 0.5) is 0 Å². The van der Waals surface area contributed by atoms with E-state index < -0.39 is 115 Å². The van der Waals surface area contributed by atoms with Crippen molar-refractivity contribution in [3.63, 3.8) is 0 Å². The first-order chi connectivity index (χ1) is 32.2. The summed E-state index contributed by atoms with van der Waals surface area (Å²) in [6, 6.07) is 0. The first-order valence-electron chi connectivity index (χ1n) is 15.8. The van der Waals surface area contributed by atoms with E-state index in [1.165, 1.54) is 0 Å². The standard InChI is InChI=1S/C24HCl49O3S/c25-1(26,3(29,30)5(33,34)7(37,38)9(41,42)11(45,46)13(49,50)15(53,54)17(57,58)19(61,62)21(65,66)23(69,70)71)2(27,28)4(31,32)6(35,36)8(39,40)10(43,44)12(47,48)14(51,52)16(55,56)18(59,60)20(63,64)22(67,68)24(72,73)76-77(74)75/h77H. The lowest BCUT2D eigenvalue weighted by Gasteiger charge is -2.59. The van der Waals surface area contributed by atoms with Gasteiger partial charge < -0.3 is 0 Å². The number of hydrogen-bond donors (Lipinski definition) is 1. The van der Waals surface area contributed by atoms with Crippen LogP contribution < -0.4 is 0 Å². The molecular weight excluding hydrogens is 2110 g/mol. The van der Waals surface area contributed by atoms with E-state index >= 15 is 0 Å². The lowest BCUT2D eigenvalue weighted by atomic mass is 9.95. The quantitative estimate of drug-likeness (QED) is 0.0774. The fourth-order valence-electron chi connectivity index (χ4n) is 4.46. The maximum atomic E-state index is 11.4. The third-order valence-corrected chi connectivity index (χ3v) is 45.4. The molecule has 0 aliphatic rings. The second-order valence-corrected chi connectivity index (χ2v) is 47.3. The lowest BCUT2D eigenvalue weighted by Crippen LogP contribution is -2.77. The minimum atomic E-state index is -4.07. The minimum absolute atomic E-state index is 2.95. The Morgan fingerprint density at radius 3 is 0.338 bits per heavy atom. The van der Waals surface area contributed by atoms with Crippen molar-refractivity contribution in [3.05, 3.63) is 0 Å². The van der Waals surface area contributed by atoms with Gasteiger partial charge in [0.2, 0.25) is 12.5 Å². The highest BCUT2D eigenvalue weighted by molar-refractivity contribution is 7.67. The summed E-state index contributed by atoms with van der Waals surface area (Å²) in [5, 5.41) is 0. The van der Waals surface area contributed by atoms with Crippen molar-refractivity contribution in [3.8, 4) is 0 Å². The zero-order valence-electron chi connectivity index (χ0n) is 32.2. The summed E-state index contributed by atoms with van der Waals surface area (Å²) < 4.78 is -62.6. The summed E-state index contributed by atoms with van der Waals surface area (Å²) in [7, 11) is -4.07. The molecule has 0 aromatic rings. The van der Waals surface area contributed by atoms with Crippen LogP contribution in [0.15, 0.2) is 0 Å². The Hall–Kier alpha value is 14.1. The van der Waals surface area contributed by atoms with Gasteiger partial charge in [-0.2, -0.15) is 0 Å². The predicted octanol–water partition coefficient (Wildman–Crippen LogP) is 27.9. The Morgan fingerprint density at radius 2 is 0.247 bits per heavy atom. The summed E-state index contributed by atoms with van der Waals surface area (Å²) >= 11 is 317. The maximum absolute atomic E-state index is 11.4. The summed E-state index contributed by atoms with van der Waals surface area (Å²) in [6.07, 6.45) is 0. The molecule has 53 heteroatoms. The van der Waals surface area contributed by atoms with Crippen molar-refractivity contribution in [2.45, 2.75) is 104 Å². The van der Waals surface area contributed by atoms with Crippen LogP contribution in [0.5, 0.6) is 0 Å². The van der Waals surface area contributed by atoms with Crippen molar-refractivity contribution in [2.75, 3.05) is 0 Å². The SMILES string of the molecule is O=[SH](=O)OC(Cl)(Cl)C(Cl)(Cl)C(Cl)(Cl)C(Cl)(Cl)C(Cl)(Cl)C(Cl)(Cl)C(Cl)(Cl)C(Cl)(Cl)C(Cl)(Cl)C(Cl)(Cl)C(Cl)(Cl)C(Cl)(Cl)C(Cl)(Cl)C(Cl)(Cl)C(Cl)(Cl)C(Cl)(Cl)C(Cl)(Cl)C(Cl)(Cl)C(Cl)(Cl)C(Cl)(Cl)C(Cl)(Cl)C(Cl)(Cl)C(Cl)(Cl)C(Cl)(Cl)Cl. The highest BCUT2D eigenvalue weighted by atomic mass is 35.6. The lowest BCUT2D eigenvalue weighted by molar-refractivity contribution is 0.223. The van der Waals surface area contributed by atoms with Gasteiger partial charge >= 0.3 is 0 Å². The van der Waals surface area contributed by atoms with Crippen LogP contribution in [0.25, 0.3) is 0 Å². The van der Waals surface area contributed by atoms with Crippen LogP contribution in [-0.4, -0.2) is 112 Å². The summed E-state index contributed by atoms with van der Waals surface area (Å²) in [5.41, 5.74) is 0. The van der Waals surface area contributed by atoms with Crippen LogP contribution in [0.2, 0.25) is 0 Å². The van der Waals surface area contributed by atoms with Gasteiger partial charge in [0.05, 0.1) is 0 Å². The molecule has 3 nitrogen and oxygen atoms in total. The molecule has 0 saturated carbocycles. The number of alkyl halides is 49. The highest BCUT2D eigenvalue weighted by Gasteiger charge is 2.90. The molecule has 0 radical (unpaired) electrons. The van der Waals surface area contributed by atoms with Crippen LogP contribution in [0, 0.1) is 0 Å². The van der Waals surface area contributed by atoms with E-state index in [-0.39, 0.29) is 0 Å². The van der Waals surface area contributed by atoms with Crippen molar-refractivity contribution < 1.29 is 12.6 Å². The molecular formula is C24HCl49O3S. The average Bonchev–Trinajstić information content (AvgIpc) is 3.17. The Kier molecular flexibility index (Phi) is 32.2. The molecule has 0 unspecified atom stereocenters. The van der Waals surface area contributed by atoms with Crippen LogP contribution in [0.3, 0.4) is 0 Å². The molecule has 464 valence electrons. The van der Waals surface area contributed by atoms with E-state index in [4.69, 9.17) is 568 Å². The van der Waals surface area contributed by atoms with Crippen molar-refractivity contribution in [1.29, 1.82) is 0 Å². The van der Waals surface area contributed by atoms with Gasteiger partial charge in [0.25, 0.3) is 15.5 Å². The second-order valence-electron chi connectivity index (χ2n) is 14.0. The van der Waals surface area contributed by atoms with Crippen LogP contribution >= 0.6 is 568 Å². The zero-order chi connectivity index (χ0) is 64.3. The Morgan fingerprint density at radius 1 is 0.156 bits per heavy atom. The topological polar surface area (TPSA) is 43.4 Å². The smallest absolute Gasteiger partial charge is 0.229 e. The Bertz CT molecular complexity index is 2230. The summed E-state index contributed by atoms with van der Waals surface area (Å²) in [4.78, 5) is 0. The van der Waals surface area contributed by atoms with Gasteiger partial charge in [0, 0.05) is 0 Å². The van der Waals surface area contributed by atoms with E-state index in [0.29, 0.717) is 0 Å². The van der Waals surface area contributed by atoms with E-state index in [2.05, 4.69) is 4.18 Å². The average molecular weight is 2110 g/mol. The molecule has 0 aromatic heterocycles. The minimum Gasteiger partial charge on any atom is -0.229 e. The number of rotatable bonds is 24. The van der Waals surface area contributed by atoms with Crippen molar-refractivity contribution in [1.82, 2.24) is 0 Å². The van der Waals surface area contributed by atoms with E-state index in [9.17, 15) is 8.42 Å². The van der Waals surface area contributed by atoms with Crippen LogP contribution in [0.1, 0.15) is 0 Å². The van der Waals surface area contributed by atoms with Crippen molar-refractivity contribution >= 4 is 579 Å². The fraction of sp³-hybridized carbons (Fsp3) is 1.00. The molecule has 0 bridgehead atoms. The third-order valence-electron chi connectivity index (χ3n) is 9.19. The van der Waals surface area contributed by atoms with Crippen LogP contribution in [-0.2, 0) is 15.2 Å². The number of thiol groups is 1. The van der Waals surface area contributed by atoms with Crippen molar-refractivity contribution in [2.24, 2.45) is 0 Å². The molecule has 0 saturated heterocycles. The van der Waals surface area contributed by atoms with Gasteiger partial charge in [-0.15, -0.1) is 0 Å². The summed E-state index contributed by atoms with van der Waals surface area (Å²) in [5.74, 6) is 0. The molecule has 0 heterocycles. The number of hydrogen-bond acceptors (Lipinski definition) is 3. The zero-order valence-corrected chi connectivity index (χ0v) is 70.1. The van der Waals surface area contributed by atoms with Gasteiger partial charge in [-0.05, 0) is 0 Å². The molecule has 0 aliphatic heterocycles. The molecule has 0 aliphatic carbocycles. The molecule has 0 rings (SSSR count). The first-order valence-corrected chi connectivity index (χ1v) is 35.4. The molecule has 0 spiro atoms. The number of halogens is 49. The van der Waals surface area contributed by atoms with E-state index in [1.54, 1.807) is 0 Å². The van der Waals surface area contributed by atoms with E-state index in [0.717, 1.165) is 0 Å². The largest absolute Gasteiger partial charge is 0.270 e. The summed E-state index contributed by atoms with van der Waals surface area (Å²) in [6.45, 7) is 0. The Labute approximate surface area is 683 Å². The van der Waals surface area contributed by atoms with Gasteiger partial charge in [-0.1, -0.05) is 568 Å². The molecule has 0 amide bonds. The third kappa shape index (κ3) is 13.7. The van der Waals surface area contributed by atoms with Gasteiger partial charge in [-0.25, -0.2) is 12.6 Å². The predicted molar refractivity (Wildman–Crippen MR) is 364 cm³/mol. The molecule has 0 atom stereocenters. The highest BCUT2D eigenvalue weighted by Crippen LogP contribution is 2.81. The monoisotopic (exact) mass is 2080 g/mol. The molecule has 0 N–H and O–H groups in total. The maximum Gasteiger partial charge on any atom is 0.270 e. The fourth-order valence-corrected chi connectivity index (χ4v) is 22.3. The van der Waals surface area contributed by atoms with Gasteiger partial charge in [-0.3, -0.25) is 0 Å². The second kappa shape index (κ2) is 27.2. The van der Waals surface area contributed by atoms with Gasteiger partial charge in [0.15, 0.2) is 86.7 Å². The first kappa shape index (κ1) is 91.1. The molecule has 77 heavy (non-hydrogen) atoms.